The molecule has 1 fully saturated rings. The number of hydrogen-bond donors (Lipinski definition) is 1. The van der Waals surface area contributed by atoms with Gasteiger partial charge in [0.05, 0.1) is 5.69 Å². The van der Waals surface area contributed by atoms with Gasteiger partial charge in [-0.2, -0.15) is 0 Å². The van der Waals surface area contributed by atoms with Gasteiger partial charge < -0.3 is 4.90 Å². The summed E-state index contributed by atoms with van der Waals surface area (Å²) in [7, 11) is 0. The van der Waals surface area contributed by atoms with Crippen LogP contribution in [-0.4, -0.2) is 29.9 Å². The summed E-state index contributed by atoms with van der Waals surface area (Å²) in [5.41, 5.74) is 5.64. The number of carbonyl (C=O) groups is 3. The summed E-state index contributed by atoms with van der Waals surface area (Å²) in [6.07, 6.45) is 2.60. The Morgan fingerprint density at radius 1 is 1.06 bits per heavy atom. The Kier molecular flexibility index (Phi) is 5.64. The zero-order valence-electron chi connectivity index (χ0n) is 20.2. The number of fused-ring (bicyclic) bond motifs is 1. The predicted molar refractivity (Wildman–Crippen MR) is 131 cm³/mol. The molecular formula is C27H31N3O3. The second-order valence-electron chi connectivity index (χ2n) is 9.71. The van der Waals surface area contributed by atoms with E-state index in [4.69, 9.17) is 0 Å². The minimum Gasteiger partial charge on any atom is -0.366 e. The molecular weight excluding hydrogens is 414 g/mol. The standard InChI is InChI=1S/C27H31N3O3/c1-7-29-23-11-9-19(13-21(23)18(4)15-27(29,5)6)14-22-24(31)28-26(33)30(25(22)32)20-10-8-16(2)17(3)12-20/h8-14,18H,7,15H2,1-6H3,(H,28,31,33)/b22-14+/t18-/m0/s1. The summed E-state index contributed by atoms with van der Waals surface area (Å²) >= 11 is 0. The van der Waals surface area contributed by atoms with E-state index in [1.807, 2.05) is 26.0 Å². The molecule has 4 rings (SSSR count). The molecule has 2 aliphatic rings. The van der Waals surface area contributed by atoms with Crippen LogP contribution in [0.1, 0.15) is 62.3 Å². The van der Waals surface area contributed by atoms with E-state index in [1.54, 1.807) is 18.2 Å². The number of barbiturate groups is 1. The van der Waals surface area contributed by atoms with Gasteiger partial charge in [-0.1, -0.05) is 19.1 Å². The zero-order chi connectivity index (χ0) is 24.1. The van der Waals surface area contributed by atoms with Crippen LogP contribution in [0, 0.1) is 13.8 Å². The van der Waals surface area contributed by atoms with Crippen molar-refractivity contribution in [1.29, 1.82) is 0 Å². The maximum Gasteiger partial charge on any atom is 0.335 e. The van der Waals surface area contributed by atoms with E-state index in [2.05, 4.69) is 50.0 Å². The number of rotatable bonds is 3. The smallest absolute Gasteiger partial charge is 0.335 e. The van der Waals surface area contributed by atoms with Crippen LogP contribution in [0.4, 0.5) is 16.2 Å². The van der Waals surface area contributed by atoms with Gasteiger partial charge >= 0.3 is 6.03 Å². The van der Waals surface area contributed by atoms with Gasteiger partial charge in [-0.15, -0.1) is 0 Å². The van der Waals surface area contributed by atoms with Crippen molar-refractivity contribution in [2.24, 2.45) is 0 Å². The molecule has 0 spiro atoms. The number of nitrogens with one attached hydrogen (secondary N) is 1. The monoisotopic (exact) mass is 445 g/mol. The number of imide groups is 2. The largest absolute Gasteiger partial charge is 0.366 e. The maximum absolute atomic E-state index is 13.3. The molecule has 2 aliphatic heterocycles. The van der Waals surface area contributed by atoms with Crippen LogP contribution in [0.3, 0.4) is 0 Å². The number of amides is 4. The molecule has 33 heavy (non-hydrogen) atoms. The lowest BCUT2D eigenvalue weighted by molar-refractivity contribution is -0.122. The molecule has 172 valence electrons. The number of anilines is 2. The van der Waals surface area contributed by atoms with Crippen molar-refractivity contribution in [3.8, 4) is 0 Å². The first-order chi connectivity index (χ1) is 15.5. The first-order valence-corrected chi connectivity index (χ1v) is 11.4. The van der Waals surface area contributed by atoms with Crippen LogP contribution in [0.5, 0.6) is 0 Å². The lowest BCUT2D eigenvalue weighted by Gasteiger charge is -2.47. The van der Waals surface area contributed by atoms with Crippen molar-refractivity contribution in [2.45, 2.75) is 59.4 Å². The molecule has 1 saturated heterocycles. The molecule has 0 aromatic heterocycles. The third kappa shape index (κ3) is 3.94. The molecule has 0 radical (unpaired) electrons. The van der Waals surface area contributed by atoms with Crippen molar-refractivity contribution in [1.82, 2.24) is 5.32 Å². The summed E-state index contributed by atoms with van der Waals surface area (Å²) < 4.78 is 0. The van der Waals surface area contributed by atoms with E-state index in [0.717, 1.165) is 34.6 Å². The third-order valence-corrected chi connectivity index (χ3v) is 6.89. The van der Waals surface area contributed by atoms with Crippen molar-refractivity contribution >= 4 is 35.3 Å². The Labute approximate surface area is 195 Å². The number of benzene rings is 2. The molecule has 6 heteroatoms. The summed E-state index contributed by atoms with van der Waals surface area (Å²) in [5, 5.41) is 2.31. The number of urea groups is 1. The Bertz CT molecular complexity index is 1200. The van der Waals surface area contributed by atoms with Gasteiger partial charge in [0, 0.05) is 17.8 Å². The fraction of sp³-hybridized carbons (Fsp3) is 0.370. The highest BCUT2D eigenvalue weighted by Crippen LogP contribution is 2.43. The summed E-state index contributed by atoms with van der Waals surface area (Å²) in [5.74, 6) is -0.943. The zero-order valence-corrected chi connectivity index (χ0v) is 20.2. The third-order valence-electron chi connectivity index (χ3n) is 6.89. The molecule has 6 nitrogen and oxygen atoms in total. The van der Waals surface area contributed by atoms with E-state index in [-0.39, 0.29) is 11.1 Å². The van der Waals surface area contributed by atoms with Crippen LogP contribution in [0.25, 0.3) is 6.08 Å². The highest BCUT2D eigenvalue weighted by Gasteiger charge is 2.38. The van der Waals surface area contributed by atoms with Crippen molar-refractivity contribution in [3.63, 3.8) is 0 Å². The Balaban J connectivity index is 1.73. The summed E-state index contributed by atoms with van der Waals surface area (Å²) in [6.45, 7) is 13.7. The SMILES string of the molecule is CCN1c2ccc(/C=C3\C(=O)NC(=O)N(c4ccc(C)c(C)c4)C3=O)cc2[C@@H](C)CC1(C)C. The van der Waals surface area contributed by atoms with Crippen molar-refractivity contribution in [2.75, 3.05) is 16.3 Å². The van der Waals surface area contributed by atoms with Crippen LogP contribution < -0.4 is 15.1 Å². The van der Waals surface area contributed by atoms with Gasteiger partial charge in [0.25, 0.3) is 11.8 Å². The number of nitrogens with zero attached hydrogens (tertiary/aromatic N) is 2. The fourth-order valence-electron chi connectivity index (χ4n) is 5.12. The van der Waals surface area contributed by atoms with Gasteiger partial charge in [0.1, 0.15) is 5.57 Å². The van der Waals surface area contributed by atoms with Crippen LogP contribution >= 0.6 is 0 Å². The second kappa shape index (κ2) is 8.18. The van der Waals surface area contributed by atoms with Crippen molar-refractivity contribution in [3.05, 3.63) is 64.2 Å². The molecule has 2 heterocycles. The Morgan fingerprint density at radius 2 is 1.79 bits per heavy atom. The van der Waals surface area contributed by atoms with E-state index >= 15 is 0 Å². The van der Waals surface area contributed by atoms with Crippen LogP contribution in [0.2, 0.25) is 0 Å². The Morgan fingerprint density at radius 3 is 2.45 bits per heavy atom. The van der Waals surface area contributed by atoms with Gasteiger partial charge in [-0.25, -0.2) is 9.69 Å². The molecule has 0 unspecified atom stereocenters. The predicted octanol–water partition coefficient (Wildman–Crippen LogP) is 5.08. The van der Waals surface area contributed by atoms with Gasteiger partial charge in [0.15, 0.2) is 0 Å². The van der Waals surface area contributed by atoms with Gasteiger partial charge in [0.2, 0.25) is 0 Å². The lowest BCUT2D eigenvalue weighted by atomic mass is 9.79. The quantitative estimate of drug-likeness (QED) is 0.528. The normalized spacial score (nSPS) is 21.3. The number of carbonyl (C=O) groups excluding carboxylic acids is 3. The van der Waals surface area contributed by atoms with Gasteiger partial charge in [-0.3, -0.25) is 14.9 Å². The summed E-state index contributed by atoms with van der Waals surface area (Å²) in [6, 6.07) is 10.7. The average Bonchev–Trinajstić information content (AvgIpc) is 2.73. The minimum atomic E-state index is -0.731. The molecule has 0 bridgehead atoms. The average molecular weight is 446 g/mol. The highest BCUT2D eigenvalue weighted by molar-refractivity contribution is 6.39. The Hall–Kier alpha value is -3.41. The molecule has 0 aliphatic carbocycles. The van der Waals surface area contributed by atoms with Crippen LogP contribution in [0.15, 0.2) is 42.0 Å². The van der Waals surface area contributed by atoms with Crippen LogP contribution in [-0.2, 0) is 9.59 Å². The van der Waals surface area contributed by atoms with E-state index in [1.165, 1.54) is 11.3 Å². The topological polar surface area (TPSA) is 69.7 Å². The number of hydrogen-bond acceptors (Lipinski definition) is 4. The lowest BCUT2D eigenvalue weighted by Crippen LogP contribution is -2.54. The van der Waals surface area contributed by atoms with Crippen molar-refractivity contribution < 1.29 is 14.4 Å². The first kappa shape index (κ1) is 22.8. The first-order valence-electron chi connectivity index (χ1n) is 11.4. The summed E-state index contributed by atoms with van der Waals surface area (Å²) in [4.78, 5) is 41.8. The maximum atomic E-state index is 13.3. The molecule has 1 N–H and O–H groups in total. The number of aryl methyl sites for hydroxylation is 2. The molecule has 2 aromatic carbocycles. The highest BCUT2D eigenvalue weighted by atomic mass is 16.2. The van der Waals surface area contributed by atoms with Gasteiger partial charge in [-0.05, 0) is 99.6 Å². The molecule has 4 amide bonds. The van der Waals surface area contributed by atoms with E-state index < -0.39 is 17.8 Å². The second-order valence-corrected chi connectivity index (χ2v) is 9.71. The minimum absolute atomic E-state index is 0.0519. The van der Waals surface area contributed by atoms with E-state index in [9.17, 15) is 14.4 Å². The van der Waals surface area contributed by atoms with E-state index in [0.29, 0.717) is 11.6 Å². The molecule has 1 atom stereocenters. The molecule has 0 saturated carbocycles. The molecule has 2 aromatic rings. The fourth-order valence-corrected chi connectivity index (χ4v) is 5.12.